The molecular weight excluding hydrogens is 1890 g/mol. The Morgan fingerprint density at radius 3 is 1.53 bits per heavy atom. The maximum absolute atomic E-state index is 16.8. The predicted octanol–water partition coefficient (Wildman–Crippen LogP) is -6.06. The fraction of sp³-hybridized carbons (Fsp3) is 0.865. The predicted molar refractivity (Wildman–Crippen MR) is 478 cm³/mol. The van der Waals surface area contributed by atoms with E-state index in [-0.39, 0.29) is 61.5 Å². The molecule has 4 saturated carbocycles. The van der Waals surface area contributed by atoms with Gasteiger partial charge in [-0.05, 0) is 145 Å². The Morgan fingerprint density at radius 2 is 0.930 bits per heavy atom. The van der Waals surface area contributed by atoms with Crippen LogP contribution in [0.5, 0.6) is 0 Å². The highest BCUT2D eigenvalue weighted by molar-refractivity contribution is 5.89. The van der Waals surface area contributed by atoms with Crippen LogP contribution in [0, 0.1) is 50.2 Å². The number of aliphatic hydroxyl groups excluding tert-OH is 24. The van der Waals surface area contributed by atoms with Crippen molar-refractivity contribution in [3.8, 4) is 0 Å². The van der Waals surface area contributed by atoms with Crippen LogP contribution in [0.2, 0.25) is 0 Å². The summed E-state index contributed by atoms with van der Waals surface area (Å²) in [6, 6.07) is 0. The van der Waals surface area contributed by atoms with E-state index in [0.29, 0.717) is 37.7 Å². The Morgan fingerprint density at radius 1 is 0.451 bits per heavy atom. The Hall–Kier alpha value is -4.49. The first-order valence-corrected chi connectivity index (χ1v) is 49.0. The minimum absolute atomic E-state index is 0.0536. The molecule has 8 heterocycles. The van der Waals surface area contributed by atoms with Gasteiger partial charge < -0.3 is 213 Å². The Bertz CT molecular complexity index is 4350. The summed E-state index contributed by atoms with van der Waals surface area (Å²) in [5.41, 5.74) is -9.07. The zero-order chi connectivity index (χ0) is 105. The fourth-order valence-corrected chi connectivity index (χ4v) is 24.3. The number of fused-ring (bicyclic) bond motifs is 7. The van der Waals surface area contributed by atoms with Crippen LogP contribution in [-0.4, -0.2) is 455 Å². The Labute approximate surface area is 821 Å². The van der Waals surface area contributed by atoms with Crippen LogP contribution < -0.4 is 0 Å². The second-order valence-corrected chi connectivity index (χ2v) is 43.4. The van der Waals surface area contributed by atoms with E-state index in [1.165, 1.54) is 52.0 Å². The van der Waals surface area contributed by atoms with Crippen LogP contribution in [0.1, 0.15) is 160 Å². The number of allylic oxidation sites excluding steroid dienone is 4. The van der Waals surface area contributed by atoms with Gasteiger partial charge in [-0.3, -0.25) is 4.79 Å². The first kappa shape index (κ1) is 115. The van der Waals surface area contributed by atoms with Gasteiger partial charge in [-0.25, -0.2) is 9.59 Å². The Balaban J connectivity index is 0.777. The van der Waals surface area contributed by atoms with Gasteiger partial charge in [0.05, 0.1) is 99.1 Å². The maximum Gasteiger partial charge on any atom is 0.336 e. The van der Waals surface area contributed by atoms with E-state index in [1.54, 1.807) is 20.8 Å². The third kappa shape index (κ3) is 22.0. The maximum atomic E-state index is 16.8. The van der Waals surface area contributed by atoms with E-state index < -0.39 is 372 Å². The van der Waals surface area contributed by atoms with E-state index in [9.17, 15) is 132 Å². The molecule has 0 unspecified atom stereocenters. The van der Waals surface area contributed by atoms with Crippen molar-refractivity contribution in [3.05, 3.63) is 60.3 Å². The van der Waals surface area contributed by atoms with Gasteiger partial charge in [0.25, 0.3) is 0 Å². The SMILES string of the molecule is C=C[C@@](C)(O)CC/C=C(\CO)C(=O)O[C@H]1[C@H](O)[C@@H](O)[C@H](O[C@](C)(C=C)CC/C=C(\CO)C(=O)O[C@H]2C[C@]3(C(=O)O[C@@H]4O[C@H](CO)[C@@H](O)[C@H](O)[C@H]4O[C@@H]4O[C@@H](C)[C@H](O[C@@H]5O[C@@H](CO)[C@H](O)[C@H]5O)[C@@H](O[C@@H]5O[C@H](CO)[C@@H](O)[C@H](O)[C@H]5O)[C@H]4O)[C@H](O)C[C@]4(C)C(=CC[C@@H]5[C@@]6(C)CC[C@H](O[C@@H]7O[C@H](CO[C@@H]8O[C@H](C)[C@H](O)[C@H](O)[C@H]8O[C@@H]8OC[C@@H](O)[C@H](O)[C@H]8O)[C@@H](O)[C@H](O)[C@H]7O)C(C)(C)[C@@H]6CC[C@]54C)[C@@H]3CC2(C)C)O[C@@H]1C. The quantitative estimate of drug-likeness (QED) is 0.00937. The van der Waals surface area contributed by atoms with Crippen molar-refractivity contribution in [2.24, 2.45) is 50.2 Å². The van der Waals surface area contributed by atoms with E-state index in [0.717, 1.165) is 0 Å². The van der Waals surface area contributed by atoms with Gasteiger partial charge >= 0.3 is 17.9 Å². The van der Waals surface area contributed by atoms with Crippen molar-refractivity contribution in [1.29, 1.82) is 0 Å². The summed E-state index contributed by atoms with van der Waals surface area (Å²) in [6.07, 6.45) is -62.4. The smallest absolute Gasteiger partial charge is 0.336 e. The highest BCUT2D eigenvalue weighted by atomic mass is 16.8. The standard InChI is InChI=1S/C96H152O46/c1-15-91(10,124)25-17-19-43(33-98)79(122)136-73-40(4)129-85(71(119)66(73)114)142-92(11,16-2)26-18-20-42(32-97)78(121)134-55-31-96(88(123)141-87-77(65(113)59(107)48(35-100)132-87)140-84-72(120)75(138-83-70(118)62(110)58(106)47(34-99)130-83)74(41(5)128-84)137-82-68(116)60(108)49(36-101)131-82)45(29-89(55,6)7)44-21-22-52-93(12)27-24-54(90(8,9)51(93)23-28-94(52,13)95(44,14)30-53(96)103)135-81-69(117)63(111)61(109)50(133-81)38-126-86-76(64(112)56(104)39(3)127-86)139-80-67(115)57(105)46(102)37-125-80/h15-16,19-21,39-41,45-77,80-87,97-120,124H,1-2,17-18,22-38H2,3-14H3/b42-20+,43-19+/t39-,40-,41+,45+,46-,47-,48-,49+,50-,51+,52-,53-,54+,55+,56+,57+,58-,59-,60+,61-,62+,63+,64+,65+,66-,67-,68-,69-,70-,71-,72-,73-,74+,75+,76-,77-,80+,81+,82+,83+,84+,85+,86-,87+,91-,92-,93+,94-,95-,96-/m1/s1. The molecule has 812 valence electrons. The first-order valence-electron chi connectivity index (χ1n) is 49.0. The van der Waals surface area contributed by atoms with E-state index in [1.807, 2.05) is 20.8 Å². The summed E-state index contributed by atoms with van der Waals surface area (Å²) in [7, 11) is 0. The molecule has 13 aliphatic rings. The summed E-state index contributed by atoms with van der Waals surface area (Å²) in [6.45, 7) is 23.2. The molecule has 50 atom stereocenters. The number of aliphatic hydroxyl groups is 25. The number of ether oxygens (including phenoxy) is 18. The molecule has 0 aromatic carbocycles. The lowest BCUT2D eigenvalue weighted by Crippen LogP contribution is -2.70. The lowest BCUT2D eigenvalue weighted by atomic mass is 9.33. The molecule has 12 fully saturated rings. The fourth-order valence-electron chi connectivity index (χ4n) is 24.3. The largest absolute Gasteiger partial charge is 0.458 e. The van der Waals surface area contributed by atoms with Crippen molar-refractivity contribution in [2.75, 3.05) is 46.2 Å². The number of rotatable bonds is 34. The number of esters is 3. The van der Waals surface area contributed by atoms with Gasteiger partial charge in [-0.1, -0.05) is 84.4 Å². The van der Waals surface area contributed by atoms with Gasteiger partial charge in [0.2, 0.25) is 6.29 Å². The van der Waals surface area contributed by atoms with Crippen molar-refractivity contribution < 1.29 is 227 Å². The van der Waals surface area contributed by atoms with E-state index >= 15 is 9.59 Å². The highest BCUT2D eigenvalue weighted by Crippen LogP contribution is 2.76. The van der Waals surface area contributed by atoms with Gasteiger partial charge in [-0.15, -0.1) is 13.2 Å². The van der Waals surface area contributed by atoms with Crippen molar-refractivity contribution >= 4 is 17.9 Å². The first-order chi connectivity index (χ1) is 66.6. The van der Waals surface area contributed by atoms with Crippen LogP contribution in [-0.2, 0) is 99.6 Å². The highest BCUT2D eigenvalue weighted by Gasteiger charge is 2.74. The summed E-state index contributed by atoms with van der Waals surface area (Å²) in [4.78, 5) is 45.3. The molecule has 0 radical (unpaired) electrons. The van der Waals surface area contributed by atoms with Crippen LogP contribution in [0.4, 0.5) is 0 Å². The summed E-state index contributed by atoms with van der Waals surface area (Å²) in [5, 5.41) is 279. The third-order valence-corrected chi connectivity index (χ3v) is 33.6. The summed E-state index contributed by atoms with van der Waals surface area (Å²) < 4.78 is 110. The molecule has 142 heavy (non-hydrogen) atoms. The Kier molecular flexibility index (Phi) is 36.5. The van der Waals surface area contributed by atoms with Gasteiger partial charge in [0.1, 0.15) is 164 Å². The number of hydrogen-bond acceptors (Lipinski definition) is 46. The molecule has 8 aliphatic heterocycles. The third-order valence-electron chi connectivity index (χ3n) is 33.6. The zero-order valence-corrected chi connectivity index (χ0v) is 81.9. The molecule has 0 aromatic rings. The van der Waals surface area contributed by atoms with E-state index in [4.69, 9.17) is 85.3 Å². The van der Waals surface area contributed by atoms with Gasteiger partial charge in [0, 0.05) is 11.8 Å². The monoisotopic (exact) mass is 2040 g/mol. The molecule has 8 saturated heterocycles. The van der Waals surface area contributed by atoms with Crippen LogP contribution >= 0.6 is 0 Å². The van der Waals surface area contributed by atoms with Crippen molar-refractivity contribution in [1.82, 2.24) is 0 Å². The molecule has 25 N–H and O–H groups in total. The van der Waals surface area contributed by atoms with Crippen molar-refractivity contribution in [3.63, 3.8) is 0 Å². The van der Waals surface area contributed by atoms with Crippen LogP contribution in [0.3, 0.4) is 0 Å². The second-order valence-electron chi connectivity index (χ2n) is 43.4. The molecule has 0 spiro atoms. The molecule has 0 aromatic heterocycles. The molecule has 5 aliphatic carbocycles. The average Bonchev–Trinajstić information content (AvgIpc) is 0.696. The topological polar surface area (TPSA) is 723 Å². The molecule has 46 nitrogen and oxygen atoms in total. The zero-order valence-electron chi connectivity index (χ0n) is 81.9. The molecular formula is C96H152O46. The van der Waals surface area contributed by atoms with Gasteiger partial charge in [0.15, 0.2) is 56.2 Å². The lowest BCUT2D eigenvalue weighted by Gasteiger charge is -2.72. The minimum atomic E-state index is -2.29. The van der Waals surface area contributed by atoms with Crippen molar-refractivity contribution in [2.45, 2.75) is 423 Å². The summed E-state index contributed by atoms with van der Waals surface area (Å²) in [5.74, 6) is -4.83. The van der Waals surface area contributed by atoms with Gasteiger partial charge in [-0.2, -0.15) is 0 Å². The number of carbonyl (C=O) groups excluding carboxylic acids is 3. The van der Waals surface area contributed by atoms with Crippen LogP contribution in [0.25, 0.3) is 0 Å². The lowest BCUT2D eigenvalue weighted by molar-refractivity contribution is -0.390. The van der Waals surface area contributed by atoms with E-state index in [2.05, 4.69) is 33.1 Å². The second kappa shape index (κ2) is 45.2. The number of hydrogen-bond donors (Lipinski definition) is 25. The average molecular weight is 2040 g/mol. The molecule has 0 amide bonds. The van der Waals surface area contributed by atoms with Crippen LogP contribution in [0.15, 0.2) is 60.3 Å². The minimum Gasteiger partial charge on any atom is -0.458 e. The summed E-state index contributed by atoms with van der Waals surface area (Å²) >= 11 is 0. The molecule has 0 bridgehead atoms. The normalized spacial score (nSPS) is 48.5. The number of carbonyl (C=O) groups is 3. The molecule has 46 heteroatoms. The molecule has 13 rings (SSSR count).